The van der Waals surface area contributed by atoms with Crippen molar-refractivity contribution in [2.24, 2.45) is 23.5 Å². The number of nitrogens with two attached hydrogens (primary N) is 1. The Bertz CT molecular complexity index is 2110. The quantitative estimate of drug-likeness (QED) is 0.0412. The molecule has 1 saturated heterocycles. The molecule has 1 unspecified atom stereocenters. The number of amides is 7. The van der Waals surface area contributed by atoms with Gasteiger partial charge in [-0.3, -0.25) is 38.5 Å². The van der Waals surface area contributed by atoms with E-state index in [4.69, 9.17) is 19.9 Å². The predicted molar refractivity (Wildman–Crippen MR) is 255 cm³/mol. The smallest absolute Gasteiger partial charge is 0.246 e. The molecule has 20 heteroatoms. The average molecular weight is 959 g/mol. The number of imide groups is 1. The molecule has 2 heterocycles. The van der Waals surface area contributed by atoms with Gasteiger partial charge < -0.3 is 46.5 Å². The summed E-state index contributed by atoms with van der Waals surface area (Å²) in [6.45, 7) is 5.96. The van der Waals surface area contributed by atoms with Crippen LogP contribution in [0.1, 0.15) is 82.0 Å². The van der Waals surface area contributed by atoms with Crippen LogP contribution in [0.5, 0.6) is 0 Å². The number of hydrogen-bond donors (Lipinski definition) is 6. The van der Waals surface area contributed by atoms with E-state index < -0.39 is 36.4 Å². The molecule has 1 saturated carbocycles. The van der Waals surface area contributed by atoms with Crippen LogP contribution < -0.4 is 32.3 Å². The molecular weight excluding hydrogens is 889 g/mol. The van der Waals surface area contributed by atoms with E-state index >= 15 is 0 Å². The van der Waals surface area contributed by atoms with Gasteiger partial charge in [-0.25, -0.2) is 4.68 Å². The fourth-order valence-corrected chi connectivity index (χ4v) is 8.17. The molecule has 1 aliphatic heterocycles. The highest BCUT2D eigenvalue weighted by atomic mass is 16.5. The highest BCUT2D eigenvalue weighted by molar-refractivity contribution is 6.03. The van der Waals surface area contributed by atoms with Crippen molar-refractivity contribution in [1.82, 2.24) is 41.2 Å². The van der Waals surface area contributed by atoms with Crippen LogP contribution in [0, 0.1) is 17.8 Å². The van der Waals surface area contributed by atoms with Gasteiger partial charge in [-0.15, -0.1) is 5.10 Å². The van der Waals surface area contributed by atoms with E-state index in [2.05, 4.69) is 36.9 Å². The standard InChI is InChI=1S/C49H70N10O10/c1-3-35-14-18-39(19-15-35)53-47(64)41(11-7-8-20-50)55-48(65)42(28-36-9-5-4-6-10-36)54-44(61)33-69-32-43(60)51-21-23-67-25-26-68-24-22-58-31-40(56-57-58)29-52-46(63)38-16-12-37(13-17-38)30-59-45(62)27-34(2)49(59)66/h4-6,9-10,14-15,18-19,31,34,37-38,41-42H,3,7-8,11-13,16-17,20-30,32-33,50H2,1-2H3,(H,51,60)(H,52,63)(H,53,64)(H,54,61)(H,55,65)/t34?,37?,38?,41-,42-/m0/s1. The molecule has 0 radical (unpaired) electrons. The van der Waals surface area contributed by atoms with E-state index in [1.807, 2.05) is 61.5 Å². The molecule has 69 heavy (non-hydrogen) atoms. The van der Waals surface area contributed by atoms with E-state index in [0.717, 1.165) is 30.4 Å². The Morgan fingerprint density at radius 3 is 2.22 bits per heavy atom. The van der Waals surface area contributed by atoms with Crippen LogP contribution in [-0.4, -0.2) is 133 Å². The molecular formula is C49H70N10O10. The van der Waals surface area contributed by atoms with Crippen LogP contribution in [0.4, 0.5) is 5.69 Å². The Labute approximate surface area is 403 Å². The maximum absolute atomic E-state index is 13.7. The summed E-state index contributed by atoms with van der Waals surface area (Å²) in [5, 5.41) is 22.3. The second kappa shape index (κ2) is 29.1. The van der Waals surface area contributed by atoms with Gasteiger partial charge in [0.1, 0.15) is 31.0 Å². The number of nitrogens with one attached hydrogen (secondary N) is 5. The minimum Gasteiger partial charge on any atom is -0.377 e. The molecule has 7 N–H and O–H groups in total. The molecule has 20 nitrogen and oxygen atoms in total. The van der Waals surface area contributed by atoms with Crippen molar-refractivity contribution in [3.05, 3.63) is 77.6 Å². The van der Waals surface area contributed by atoms with E-state index in [-0.39, 0.29) is 80.5 Å². The lowest BCUT2D eigenvalue weighted by Crippen LogP contribution is -2.54. The summed E-state index contributed by atoms with van der Waals surface area (Å²) in [5.74, 6) is -2.33. The number of carbonyl (C=O) groups is 7. The number of hydrogen-bond acceptors (Lipinski definition) is 13. The maximum Gasteiger partial charge on any atom is 0.246 e. The monoisotopic (exact) mass is 959 g/mol. The van der Waals surface area contributed by atoms with Crippen molar-refractivity contribution < 1.29 is 47.8 Å². The number of aromatic nitrogens is 3. The Kier molecular flexibility index (Phi) is 22.7. The minimum atomic E-state index is -1.03. The number of ether oxygens (including phenoxy) is 3. The number of rotatable bonds is 30. The van der Waals surface area contributed by atoms with Crippen molar-refractivity contribution in [2.45, 2.75) is 103 Å². The molecule has 3 atom stereocenters. The third kappa shape index (κ3) is 18.7. The first-order valence-corrected chi connectivity index (χ1v) is 24.2. The van der Waals surface area contributed by atoms with Gasteiger partial charge >= 0.3 is 0 Å². The van der Waals surface area contributed by atoms with Gasteiger partial charge in [0.2, 0.25) is 41.4 Å². The van der Waals surface area contributed by atoms with Crippen LogP contribution in [-0.2, 0) is 73.7 Å². The largest absolute Gasteiger partial charge is 0.377 e. The second-order valence-corrected chi connectivity index (χ2v) is 17.6. The lowest BCUT2D eigenvalue weighted by atomic mass is 9.81. The molecule has 2 fully saturated rings. The molecule has 1 aromatic heterocycles. The fraction of sp³-hybridized carbons (Fsp3) is 0.571. The van der Waals surface area contributed by atoms with Gasteiger partial charge in [0.05, 0.1) is 45.7 Å². The van der Waals surface area contributed by atoms with E-state index in [1.165, 1.54) is 4.90 Å². The first kappa shape index (κ1) is 53.9. The lowest BCUT2D eigenvalue weighted by molar-refractivity contribution is -0.140. The van der Waals surface area contributed by atoms with Gasteiger partial charge in [0.15, 0.2) is 0 Å². The Balaban J connectivity index is 0.910. The molecule has 2 aliphatic rings. The first-order valence-electron chi connectivity index (χ1n) is 24.2. The van der Waals surface area contributed by atoms with Crippen molar-refractivity contribution >= 4 is 47.0 Å². The zero-order valence-corrected chi connectivity index (χ0v) is 40.0. The van der Waals surface area contributed by atoms with E-state index in [0.29, 0.717) is 82.9 Å². The van der Waals surface area contributed by atoms with Gasteiger partial charge in [0, 0.05) is 43.5 Å². The summed E-state index contributed by atoms with van der Waals surface area (Å²) in [4.78, 5) is 91.1. The number of benzene rings is 2. The first-order chi connectivity index (χ1) is 33.4. The van der Waals surface area contributed by atoms with Crippen LogP contribution in [0.3, 0.4) is 0 Å². The van der Waals surface area contributed by atoms with Crippen molar-refractivity contribution in [3.8, 4) is 0 Å². The minimum absolute atomic E-state index is 0.0347. The number of nitrogens with zero attached hydrogens (tertiary/aromatic N) is 4. The summed E-state index contributed by atoms with van der Waals surface area (Å²) < 4.78 is 18.2. The highest BCUT2D eigenvalue weighted by Crippen LogP contribution is 2.31. The average Bonchev–Trinajstić information content (AvgIpc) is 3.91. The van der Waals surface area contributed by atoms with E-state index in [1.54, 1.807) is 17.8 Å². The van der Waals surface area contributed by atoms with Crippen LogP contribution >= 0.6 is 0 Å². The molecule has 5 rings (SSSR count). The van der Waals surface area contributed by atoms with Crippen molar-refractivity contribution in [1.29, 1.82) is 0 Å². The number of likely N-dealkylation sites (tertiary alicyclic amines) is 1. The number of aryl methyl sites for hydroxylation is 1. The molecule has 0 bridgehead atoms. The molecule has 2 aromatic carbocycles. The summed E-state index contributed by atoms with van der Waals surface area (Å²) >= 11 is 0. The molecule has 3 aromatic rings. The summed E-state index contributed by atoms with van der Waals surface area (Å²) in [6.07, 6.45) is 7.70. The third-order valence-corrected chi connectivity index (χ3v) is 12.2. The SMILES string of the molecule is CCc1ccc(NC(=O)[C@H](CCCCN)NC(=O)[C@H](Cc2ccccc2)NC(=O)COCC(=O)NCCOCCOCCn2cc(CNC(=O)C3CCC(CN4C(=O)CC(C)C4=O)CC3)nn2)cc1. The number of carbonyl (C=O) groups excluding carboxylic acids is 7. The maximum atomic E-state index is 13.7. The van der Waals surface area contributed by atoms with Crippen LogP contribution in [0.15, 0.2) is 60.8 Å². The lowest BCUT2D eigenvalue weighted by Gasteiger charge is -2.30. The van der Waals surface area contributed by atoms with Crippen LogP contribution in [0.25, 0.3) is 0 Å². The zero-order chi connectivity index (χ0) is 49.4. The Morgan fingerprint density at radius 1 is 0.797 bits per heavy atom. The zero-order valence-electron chi connectivity index (χ0n) is 40.0. The fourth-order valence-electron chi connectivity index (χ4n) is 8.17. The molecule has 1 aliphatic carbocycles. The Morgan fingerprint density at radius 2 is 1.52 bits per heavy atom. The normalized spacial score (nSPS) is 17.8. The van der Waals surface area contributed by atoms with Crippen molar-refractivity contribution in [3.63, 3.8) is 0 Å². The summed E-state index contributed by atoms with van der Waals surface area (Å²) in [5.41, 5.74) is 8.85. The van der Waals surface area contributed by atoms with Crippen LogP contribution in [0.2, 0.25) is 0 Å². The highest BCUT2D eigenvalue weighted by Gasteiger charge is 2.38. The third-order valence-electron chi connectivity index (χ3n) is 12.2. The summed E-state index contributed by atoms with van der Waals surface area (Å²) in [6, 6.07) is 14.8. The number of anilines is 1. The topological polar surface area (TPSA) is 267 Å². The van der Waals surface area contributed by atoms with Gasteiger partial charge in [-0.05, 0) is 87.1 Å². The van der Waals surface area contributed by atoms with Gasteiger partial charge in [-0.1, -0.05) is 61.5 Å². The number of unbranched alkanes of at least 4 members (excludes halogenated alkanes) is 1. The molecule has 376 valence electrons. The molecule has 0 spiro atoms. The molecule has 7 amide bonds. The predicted octanol–water partition coefficient (Wildman–Crippen LogP) is 1.80. The Hall–Kier alpha value is -6.09. The van der Waals surface area contributed by atoms with Crippen molar-refractivity contribution in [2.75, 3.05) is 64.6 Å². The van der Waals surface area contributed by atoms with E-state index in [9.17, 15) is 33.6 Å². The van der Waals surface area contributed by atoms with Gasteiger partial charge in [0.25, 0.3) is 0 Å². The van der Waals surface area contributed by atoms with Gasteiger partial charge in [-0.2, -0.15) is 0 Å². The summed E-state index contributed by atoms with van der Waals surface area (Å²) in [7, 11) is 0. The second-order valence-electron chi connectivity index (χ2n) is 17.6.